The molecule has 1 atom stereocenters. The molecule has 1 heterocycles. The van der Waals surface area contributed by atoms with Gasteiger partial charge in [0, 0.05) is 36.6 Å². The van der Waals surface area contributed by atoms with Crippen LogP contribution in [-0.2, 0) is 16.0 Å². The van der Waals surface area contributed by atoms with Crippen molar-refractivity contribution in [1.82, 2.24) is 9.88 Å². The Kier molecular flexibility index (Phi) is 5.78. The quantitative estimate of drug-likeness (QED) is 0.646. The molecule has 1 unspecified atom stereocenters. The third-order valence-corrected chi connectivity index (χ3v) is 4.93. The van der Waals surface area contributed by atoms with E-state index in [1.807, 2.05) is 24.3 Å². The van der Waals surface area contributed by atoms with E-state index in [9.17, 15) is 14.0 Å². The number of carboxylic acid groups (broad SMARTS) is 1. The smallest absolute Gasteiger partial charge is 0.308 e. The predicted octanol–water partition coefficient (Wildman–Crippen LogP) is 4.09. The van der Waals surface area contributed by atoms with Gasteiger partial charge in [0.25, 0.3) is 0 Å². The molecule has 0 saturated heterocycles. The number of carboxylic acids is 1. The summed E-state index contributed by atoms with van der Waals surface area (Å²) in [6.07, 6.45) is 0.764. The topological polar surface area (TPSA) is 73.4 Å². The van der Waals surface area contributed by atoms with Gasteiger partial charge in [-0.1, -0.05) is 25.1 Å². The molecule has 3 rings (SSSR count). The van der Waals surface area contributed by atoms with Gasteiger partial charge >= 0.3 is 5.97 Å². The van der Waals surface area contributed by atoms with Crippen molar-refractivity contribution >= 4 is 22.8 Å². The molecule has 1 aromatic heterocycles. The van der Waals surface area contributed by atoms with Crippen molar-refractivity contribution in [2.75, 3.05) is 13.6 Å². The van der Waals surface area contributed by atoms with E-state index in [0.717, 1.165) is 27.7 Å². The van der Waals surface area contributed by atoms with Crippen molar-refractivity contribution in [2.45, 2.75) is 19.8 Å². The molecule has 5 nitrogen and oxygen atoms in total. The predicted molar refractivity (Wildman–Crippen MR) is 106 cm³/mol. The first-order valence-electron chi connectivity index (χ1n) is 9.19. The first-order valence-corrected chi connectivity index (χ1v) is 9.19. The van der Waals surface area contributed by atoms with Crippen LogP contribution < -0.4 is 0 Å². The number of hydrogen-bond acceptors (Lipinski definition) is 2. The van der Waals surface area contributed by atoms with Crippen LogP contribution in [0, 0.1) is 11.7 Å². The van der Waals surface area contributed by atoms with Crippen LogP contribution in [0.3, 0.4) is 0 Å². The van der Waals surface area contributed by atoms with Gasteiger partial charge in [-0.2, -0.15) is 0 Å². The first kappa shape index (κ1) is 19.6. The Morgan fingerprint density at radius 1 is 1.14 bits per heavy atom. The zero-order chi connectivity index (χ0) is 20.3. The second-order valence-corrected chi connectivity index (χ2v) is 7.04. The number of aromatic amines is 1. The number of fused-ring (bicyclic) bond motifs is 1. The number of amides is 1. The Hall–Kier alpha value is -3.15. The molecule has 3 aromatic rings. The summed E-state index contributed by atoms with van der Waals surface area (Å²) < 4.78 is 13.3. The number of aromatic nitrogens is 1. The lowest BCUT2D eigenvalue weighted by atomic mass is 10.0. The number of rotatable bonds is 7. The molecular formula is C22H23FN2O3. The van der Waals surface area contributed by atoms with Crippen molar-refractivity contribution in [3.8, 4) is 11.3 Å². The van der Waals surface area contributed by atoms with Gasteiger partial charge in [-0.3, -0.25) is 9.59 Å². The van der Waals surface area contributed by atoms with Crippen molar-refractivity contribution < 1.29 is 19.1 Å². The van der Waals surface area contributed by atoms with E-state index in [1.54, 1.807) is 26.1 Å². The van der Waals surface area contributed by atoms with Gasteiger partial charge in [0.1, 0.15) is 5.82 Å². The number of aryl methyl sites for hydroxylation is 1. The van der Waals surface area contributed by atoms with Crippen LogP contribution in [0.4, 0.5) is 4.39 Å². The lowest BCUT2D eigenvalue weighted by molar-refractivity contribution is -0.142. The zero-order valence-electron chi connectivity index (χ0n) is 15.9. The van der Waals surface area contributed by atoms with E-state index in [0.29, 0.717) is 6.42 Å². The number of carbonyl (C=O) groups is 2. The molecule has 146 valence electrons. The highest BCUT2D eigenvalue weighted by molar-refractivity contribution is 5.91. The average Bonchev–Trinajstić information content (AvgIpc) is 3.05. The van der Waals surface area contributed by atoms with Crippen LogP contribution in [-0.4, -0.2) is 40.5 Å². The number of benzene rings is 2. The maximum Gasteiger partial charge on any atom is 0.308 e. The summed E-state index contributed by atoms with van der Waals surface area (Å²) >= 11 is 0. The van der Waals surface area contributed by atoms with Crippen LogP contribution in [0.1, 0.15) is 18.9 Å². The van der Waals surface area contributed by atoms with Crippen molar-refractivity contribution in [3.63, 3.8) is 0 Å². The molecule has 1 amide bonds. The van der Waals surface area contributed by atoms with E-state index in [1.165, 1.54) is 17.0 Å². The molecule has 0 radical (unpaired) electrons. The van der Waals surface area contributed by atoms with Gasteiger partial charge in [-0.25, -0.2) is 4.39 Å². The highest BCUT2D eigenvalue weighted by Gasteiger charge is 2.19. The van der Waals surface area contributed by atoms with Crippen LogP contribution in [0.15, 0.2) is 48.5 Å². The van der Waals surface area contributed by atoms with Gasteiger partial charge in [0.05, 0.1) is 5.92 Å². The van der Waals surface area contributed by atoms with E-state index in [-0.39, 0.29) is 24.7 Å². The summed E-state index contributed by atoms with van der Waals surface area (Å²) in [4.78, 5) is 28.3. The number of carbonyl (C=O) groups excluding carboxylic acids is 1. The van der Waals surface area contributed by atoms with Gasteiger partial charge < -0.3 is 15.0 Å². The number of H-pyrrole nitrogens is 1. The fourth-order valence-corrected chi connectivity index (χ4v) is 3.34. The second kappa shape index (κ2) is 8.25. The van der Waals surface area contributed by atoms with Crippen LogP contribution >= 0.6 is 0 Å². The second-order valence-electron chi connectivity index (χ2n) is 7.04. The molecule has 0 saturated carbocycles. The Bertz CT molecular complexity index is 995. The highest BCUT2D eigenvalue weighted by Crippen LogP contribution is 2.31. The maximum atomic E-state index is 13.3. The number of hydrogen-bond donors (Lipinski definition) is 2. The third-order valence-electron chi connectivity index (χ3n) is 4.93. The summed E-state index contributed by atoms with van der Waals surface area (Å²) in [5.41, 5.74) is 3.68. The highest BCUT2D eigenvalue weighted by atomic mass is 19.1. The lowest BCUT2D eigenvalue weighted by Gasteiger charge is -2.19. The molecule has 0 bridgehead atoms. The van der Waals surface area contributed by atoms with E-state index < -0.39 is 11.9 Å². The molecule has 0 aliphatic carbocycles. The molecule has 6 heteroatoms. The fourth-order valence-electron chi connectivity index (χ4n) is 3.34. The van der Waals surface area contributed by atoms with Crippen LogP contribution in [0.25, 0.3) is 22.2 Å². The zero-order valence-corrected chi connectivity index (χ0v) is 15.9. The molecule has 0 spiro atoms. The van der Waals surface area contributed by atoms with Gasteiger partial charge in [-0.15, -0.1) is 0 Å². The monoisotopic (exact) mass is 382 g/mol. The summed E-state index contributed by atoms with van der Waals surface area (Å²) in [7, 11) is 1.62. The Morgan fingerprint density at radius 3 is 2.50 bits per heavy atom. The van der Waals surface area contributed by atoms with Gasteiger partial charge in [0.15, 0.2) is 0 Å². The summed E-state index contributed by atoms with van der Waals surface area (Å²) in [5, 5.41) is 10.0. The minimum absolute atomic E-state index is 0.108. The van der Waals surface area contributed by atoms with Crippen molar-refractivity contribution in [3.05, 3.63) is 59.9 Å². The molecule has 2 N–H and O–H groups in total. The van der Waals surface area contributed by atoms with Gasteiger partial charge in [-0.05, 0) is 47.9 Å². The van der Waals surface area contributed by atoms with E-state index in [4.69, 9.17) is 5.11 Å². The number of nitrogens with zero attached hydrogens (tertiary/aromatic N) is 1. The number of aliphatic carboxylic acids is 1. The van der Waals surface area contributed by atoms with Crippen molar-refractivity contribution in [2.24, 2.45) is 5.92 Å². The normalized spacial score (nSPS) is 12.1. The summed E-state index contributed by atoms with van der Waals surface area (Å²) in [6, 6.07) is 14.1. The van der Waals surface area contributed by atoms with Crippen molar-refractivity contribution in [1.29, 1.82) is 0 Å². The van der Waals surface area contributed by atoms with E-state index >= 15 is 0 Å². The number of para-hydroxylation sites is 1. The molecular weight excluding hydrogens is 359 g/mol. The average molecular weight is 382 g/mol. The van der Waals surface area contributed by atoms with E-state index in [2.05, 4.69) is 4.98 Å². The molecule has 0 aliphatic heterocycles. The SMILES string of the molecule is CC(CN(C)C(=O)CCc1c(-c2ccc(F)cc2)[nH]c2ccccc12)C(=O)O. The standard InChI is InChI=1S/C22H23FN2O3/c1-14(22(27)28)13-25(2)20(26)12-11-18-17-5-3-4-6-19(17)24-21(18)15-7-9-16(23)10-8-15/h3-10,14,24H,11-13H2,1-2H3,(H,27,28). The maximum absolute atomic E-state index is 13.3. The fraction of sp³-hybridized carbons (Fsp3) is 0.273. The Labute approximate surface area is 162 Å². The summed E-state index contributed by atoms with van der Waals surface area (Å²) in [6.45, 7) is 1.76. The van der Waals surface area contributed by atoms with Crippen LogP contribution in [0.2, 0.25) is 0 Å². The number of halogens is 1. The Balaban J connectivity index is 1.84. The molecule has 0 fully saturated rings. The molecule has 2 aromatic carbocycles. The largest absolute Gasteiger partial charge is 0.481 e. The first-order chi connectivity index (χ1) is 13.4. The van der Waals surface area contributed by atoms with Gasteiger partial charge in [0.2, 0.25) is 5.91 Å². The molecule has 28 heavy (non-hydrogen) atoms. The molecule has 0 aliphatic rings. The summed E-state index contributed by atoms with van der Waals surface area (Å²) in [5.74, 6) is -1.94. The Morgan fingerprint density at radius 2 is 1.82 bits per heavy atom. The number of nitrogens with one attached hydrogen (secondary N) is 1. The minimum atomic E-state index is -0.921. The van der Waals surface area contributed by atoms with Crippen LogP contribution in [0.5, 0.6) is 0 Å². The third kappa shape index (κ3) is 4.22. The minimum Gasteiger partial charge on any atom is -0.481 e. The lowest BCUT2D eigenvalue weighted by Crippen LogP contribution is -2.33.